The van der Waals surface area contributed by atoms with Gasteiger partial charge in [-0.3, -0.25) is 4.79 Å². The lowest BCUT2D eigenvalue weighted by Gasteiger charge is -2.28. The second kappa shape index (κ2) is 6.53. The molecule has 6 heteroatoms. The first-order valence-corrected chi connectivity index (χ1v) is 8.31. The van der Waals surface area contributed by atoms with Crippen LogP contribution < -0.4 is 4.90 Å². The molecule has 1 aliphatic rings. The first-order valence-electron chi connectivity index (χ1n) is 7.14. The number of aromatic nitrogens is 1. The highest BCUT2D eigenvalue weighted by Gasteiger charge is 2.29. The van der Waals surface area contributed by atoms with Gasteiger partial charge in [0.1, 0.15) is 5.82 Å². The van der Waals surface area contributed by atoms with Crippen LogP contribution in [0.2, 0.25) is 5.02 Å². The Morgan fingerprint density at radius 1 is 1.29 bits per heavy atom. The number of rotatable bonds is 1. The van der Waals surface area contributed by atoms with Crippen molar-refractivity contribution in [1.82, 2.24) is 9.88 Å². The fourth-order valence-corrected chi connectivity index (χ4v) is 3.34. The first kappa shape index (κ1) is 16.6. The Hall–Kier alpha value is -0.810. The minimum absolute atomic E-state index is 0.215. The Morgan fingerprint density at radius 3 is 2.62 bits per heavy atom. The van der Waals surface area contributed by atoms with Gasteiger partial charge in [0.2, 0.25) is 5.91 Å². The van der Waals surface area contributed by atoms with Crippen LogP contribution in [-0.4, -0.2) is 42.0 Å². The summed E-state index contributed by atoms with van der Waals surface area (Å²) in [4.78, 5) is 21.0. The maximum atomic E-state index is 12.4. The maximum absolute atomic E-state index is 12.4. The number of pyridine rings is 1. The van der Waals surface area contributed by atoms with Crippen molar-refractivity contribution >= 4 is 39.3 Å². The molecule has 1 saturated heterocycles. The number of anilines is 1. The summed E-state index contributed by atoms with van der Waals surface area (Å²) in [6.07, 6.45) is 2.60. The topological polar surface area (TPSA) is 36.4 Å². The van der Waals surface area contributed by atoms with Gasteiger partial charge < -0.3 is 9.80 Å². The standard InChI is InChI=1S/C15H21BrClN3O/c1-15(2,3)14(21)20-6-4-5-19(7-8-20)13-12(16)9-11(17)10-18-13/h9-10H,4-8H2,1-3H3. The quantitative estimate of drug-likeness (QED) is 0.754. The molecule has 1 amide bonds. The van der Waals surface area contributed by atoms with E-state index in [0.717, 1.165) is 42.9 Å². The van der Waals surface area contributed by atoms with Gasteiger partial charge in [0.15, 0.2) is 0 Å². The molecule has 0 saturated carbocycles. The summed E-state index contributed by atoms with van der Waals surface area (Å²) in [5.41, 5.74) is -0.325. The van der Waals surface area contributed by atoms with Crippen molar-refractivity contribution in [3.63, 3.8) is 0 Å². The lowest BCUT2D eigenvalue weighted by Crippen LogP contribution is -2.41. The van der Waals surface area contributed by atoms with Gasteiger partial charge in [-0.25, -0.2) is 4.98 Å². The average Bonchev–Trinajstić information content (AvgIpc) is 2.62. The highest BCUT2D eigenvalue weighted by Crippen LogP contribution is 2.27. The zero-order valence-corrected chi connectivity index (χ0v) is 15.0. The summed E-state index contributed by atoms with van der Waals surface area (Å²) in [5, 5.41) is 0.616. The van der Waals surface area contributed by atoms with Gasteiger partial charge in [0.25, 0.3) is 0 Å². The lowest BCUT2D eigenvalue weighted by atomic mass is 9.94. The first-order chi connectivity index (χ1) is 9.79. The predicted octanol–water partition coefficient (Wildman–Crippen LogP) is 3.58. The number of amides is 1. The molecular weight excluding hydrogens is 354 g/mol. The van der Waals surface area contributed by atoms with E-state index in [2.05, 4.69) is 25.8 Å². The Kier molecular flexibility index (Phi) is 5.15. The second-order valence-electron chi connectivity index (χ2n) is 6.34. The molecule has 2 heterocycles. The van der Waals surface area contributed by atoms with Crippen LogP contribution in [0.5, 0.6) is 0 Å². The van der Waals surface area contributed by atoms with Crippen LogP contribution in [0.25, 0.3) is 0 Å². The van der Waals surface area contributed by atoms with Crippen LogP contribution in [0.1, 0.15) is 27.2 Å². The molecular formula is C15H21BrClN3O. The van der Waals surface area contributed by atoms with Crippen molar-refractivity contribution in [2.75, 3.05) is 31.1 Å². The van der Waals surface area contributed by atoms with E-state index in [0.29, 0.717) is 5.02 Å². The molecule has 116 valence electrons. The number of carbonyl (C=O) groups is 1. The van der Waals surface area contributed by atoms with Crippen LogP contribution >= 0.6 is 27.5 Å². The summed E-state index contributed by atoms with van der Waals surface area (Å²) in [7, 11) is 0. The molecule has 1 aromatic heterocycles. The smallest absolute Gasteiger partial charge is 0.228 e. The fraction of sp³-hybridized carbons (Fsp3) is 0.600. The molecule has 1 aromatic rings. The van der Waals surface area contributed by atoms with Gasteiger partial charge >= 0.3 is 0 Å². The van der Waals surface area contributed by atoms with Gasteiger partial charge in [-0.15, -0.1) is 0 Å². The van der Waals surface area contributed by atoms with Crippen molar-refractivity contribution < 1.29 is 4.79 Å². The number of carbonyl (C=O) groups excluding carboxylic acids is 1. The zero-order valence-electron chi connectivity index (χ0n) is 12.7. The van der Waals surface area contributed by atoms with E-state index in [-0.39, 0.29) is 11.3 Å². The summed E-state index contributed by atoms with van der Waals surface area (Å²) in [5.74, 6) is 1.11. The number of nitrogens with zero attached hydrogens (tertiary/aromatic N) is 3. The van der Waals surface area contributed by atoms with E-state index >= 15 is 0 Å². The van der Waals surface area contributed by atoms with Crippen LogP contribution in [0.3, 0.4) is 0 Å². The largest absolute Gasteiger partial charge is 0.354 e. The van der Waals surface area contributed by atoms with Gasteiger partial charge in [-0.2, -0.15) is 0 Å². The maximum Gasteiger partial charge on any atom is 0.228 e. The van der Waals surface area contributed by atoms with E-state index in [1.807, 2.05) is 31.7 Å². The third kappa shape index (κ3) is 4.10. The van der Waals surface area contributed by atoms with E-state index in [9.17, 15) is 4.79 Å². The molecule has 1 fully saturated rings. The van der Waals surface area contributed by atoms with Crippen molar-refractivity contribution in [3.05, 3.63) is 21.8 Å². The van der Waals surface area contributed by atoms with E-state index in [1.165, 1.54) is 0 Å². The highest BCUT2D eigenvalue weighted by molar-refractivity contribution is 9.10. The minimum Gasteiger partial charge on any atom is -0.354 e. The molecule has 2 rings (SSSR count). The van der Waals surface area contributed by atoms with E-state index in [1.54, 1.807) is 6.20 Å². The van der Waals surface area contributed by atoms with Crippen LogP contribution in [0.4, 0.5) is 5.82 Å². The van der Waals surface area contributed by atoms with Crippen molar-refractivity contribution in [2.24, 2.45) is 5.41 Å². The molecule has 4 nitrogen and oxygen atoms in total. The molecule has 21 heavy (non-hydrogen) atoms. The summed E-state index contributed by atoms with van der Waals surface area (Å²) in [6.45, 7) is 9.11. The number of halogens is 2. The third-order valence-electron chi connectivity index (χ3n) is 3.51. The zero-order chi connectivity index (χ0) is 15.6. The SMILES string of the molecule is CC(C)(C)C(=O)N1CCCN(c2ncc(Cl)cc2Br)CC1. The number of hydrogen-bond donors (Lipinski definition) is 0. The summed E-state index contributed by atoms with van der Waals surface area (Å²) >= 11 is 9.45. The molecule has 0 atom stereocenters. The van der Waals surface area contributed by atoms with E-state index < -0.39 is 0 Å². The summed E-state index contributed by atoms with van der Waals surface area (Å²) < 4.78 is 0.894. The molecule has 1 aliphatic heterocycles. The van der Waals surface area contributed by atoms with Crippen molar-refractivity contribution in [2.45, 2.75) is 27.2 Å². The van der Waals surface area contributed by atoms with Crippen LogP contribution in [0, 0.1) is 5.41 Å². The Balaban J connectivity index is 2.09. The van der Waals surface area contributed by atoms with Crippen molar-refractivity contribution in [3.8, 4) is 0 Å². The van der Waals surface area contributed by atoms with Crippen LogP contribution in [-0.2, 0) is 4.79 Å². The molecule has 0 radical (unpaired) electrons. The Bertz CT molecular complexity index is 530. The number of hydrogen-bond acceptors (Lipinski definition) is 3. The third-order valence-corrected chi connectivity index (χ3v) is 4.30. The minimum atomic E-state index is -0.325. The van der Waals surface area contributed by atoms with E-state index in [4.69, 9.17) is 11.6 Å². The summed E-state index contributed by atoms with van der Waals surface area (Å²) in [6, 6.07) is 1.85. The average molecular weight is 375 g/mol. The van der Waals surface area contributed by atoms with Gasteiger partial charge in [-0.05, 0) is 28.4 Å². The van der Waals surface area contributed by atoms with Gasteiger partial charge in [-0.1, -0.05) is 32.4 Å². The molecule has 0 bridgehead atoms. The molecule has 0 unspecified atom stereocenters. The van der Waals surface area contributed by atoms with Gasteiger partial charge in [0.05, 0.1) is 9.50 Å². The second-order valence-corrected chi connectivity index (χ2v) is 7.63. The monoisotopic (exact) mass is 373 g/mol. The molecule has 0 aliphatic carbocycles. The molecule has 0 aromatic carbocycles. The normalized spacial score (nSPS) is 16.8. The molecule has 0 N–H and O–H groups in total. The lowest BCUT2D eigenvalue weighted by molar-refractivity contribution is -0.139. The Morgan fingerprint density at radius 2 is 2.00 bits per heavy atom. The van der Waals surface area contributed by atoms with Crippen LogP contribution in [0.15, 0.2) is 16.7 Å². The predicted molar refractivity (Wildman–Crippen MR) is 89.8 cm³/mol. The fourth-order valence-electron chi connectivity index (χ4n) is 2.45. The van der Waals surface area contributed by atoms with Crippen molar-refractivity contribution in [1.29, 1.82) is 0 Å². The highest BCUT2D eigenvalue weighted by atomic mass is 79.9. The Labute approximate surface area is 139 Å². The molecule has 0 spiro atoms. The van der Waals surface area contributed by atoms with Gasteiger partial charge in [0, 0.05) is 37.8 Å².